The maximum absolute atomic E-state index is 11.5. The highest BCUT2D eigenvalue weighted by Crippen LogP contribution is 2.46. The number of rotatable bonds is 3. The fraction of sp³-hybridized carbons (Fsp3) is 0.462. The van der Waals surface area contributed by atoms with Gasteiger partial charge in [-0.2, -0.15) is 0 Å². The van der Waals surface area contributed by atoms with E-state index < -0.39 is 6.10 Å². The summed E-state index contributed by atoms with van der Waals surface area (Å²) in [5, 5.41) is 9.93. The van der Waals surface area contributed by atoms with E-state index in [4.69, 9.17) is 10.5 Å². The summed E-state index contributed by atoms with van der Waals surface area (Å²) < 4.78 is 5.06. The second kappa shape index (κ2) is 3.82. The number of ether oxygens (including phenoxy) is 1. The van der Waals surface area contributed by atoms with Gasteiger partial charge in [-0.1, -0.05) is 6.07 Å². The van der Waals surface area contributed by atoms with E-state index in [1.807, 2.05) is 6.07 Å². The molecule has 1 fully saturated rings. The monoisotopic (exact) mass is 233 g/mol. The van der Waals surface area contributed by atoms with Gasteiger partial charge in [0.1, 0.15) is 6.61 Å². The Morgan fingerprint density at radius 2 is 2.24 bits per heavy atom. The first-order valence-electron chi connectivity index (χ1n) is 5.93. The van der Waals surface area contributed by atoms with Crippen LogP contribution in [0.5, 0.6) is 0 Å². The Bertz CT molecular complexity index is 480. The molecule has 1 aromatic rings. The Labute approximate surface area is 99.4 Å². The van der Waals surface area contributed by atoms with Gasteiger partial charge in [-0.3, -0.25) is 0 Å². The molecule has 0 spiro atoms. The van der Waals surface area contributed by atoms with Crippen LogP contribution in [0.4, 0.5) is 0 Å². The first-order chi connectivity index (χ1) is 8.22. The Kier molecular flexibility index (Phi) is 2.42. The molecule has 1 heterocycles. The molecule has 17 heavy (non-hydrogen) atoms. The van der Waals surface area contributed by atoms with Crippen LogP contribution in [0.25, 0.3) is 0 Å². The number of hydrogen-bond acceptors (Lipinski definition) is 4. The third-order valence-electron chi connectivity index (χ3n) is 3.53. The van der Waals surface area contributed by atoms with E-state index in [1.54, 1.807) is 6.07 Å². The molecule has 1 unspecified atom stereocenters. The van der Waals surface area contributed by atoms with Crippen molar-refractivity contribution in [2.24, 2.45) is 5.73 Å². The number of aliphatic hydroxyl groups is 1. The van der Waals surface area contributed by atoms with Crippen LogP contribution in [0.2, 0.25) is 0 Å². The average molecular weight is 233 g/mol. The number of aliphatic hydroxyl groups excluding tert-OH is 1. The normalized spacial score (nSPS) is 20.0. The Hall–Kier alpha value is -1.39. The number of carbonyl (C=O) groups is 1. The van der Waals surface area contributed by atoms with Crippen molar-refractivity contribution in [1.82, 2.24) is 0 Å². The molecule has 0 saturated heterocycles. The zero-order chi connectivity index (χ0) is 12.0. The van der Waals surface area contributed by atoms with Crippen molar-refractivity contribution < 1.29 is 14.6 Å². The zero-order valence-corrected chi connectivity index (χ0v) is 9.48. The Balaban J connectivity index is 2.14. The van der Waals surface area contributed by atoms with Gasteiger partial charge in [0.2, 0.25) is 0 Å². The van der Waals surface area contributed by atoms with E-state index in [2.05, 4.69) is 0 Å². The van der Waals surface area contributed by atoms with Crippen molar-refractivity contribution in [1.29, 1.82) is 0 Å². The number of carbonyl (C=O) groups excluding carboxylic acids is 1. The third kappa shape index (κ3) is 1.64. The van der Waals surface area contributed by atoms with Crippen molar-refractivity contribution in [2.45, 2.75) is 31.5 Å². The smallest absolute Gasteiger partial charge is 0.338 e. The molecule has 2 aliphatic rings. The maximum Gasteiger partial charge on any atom is 0.338 e. The topological polar surface area (TPSA) is 72.6 Å². The largest absolute Gasteiger partial charge is 0.457 e. The molecule has 1 aliphatic carbocycles. The predicted octanol–water partition coefficient (Wildman–Crippen LogP) is 1.23. The summed E-state index contributed by atoms with van der Waals surface area (Å²) in [7, 11) is 0. The molecule has 0 amide bonds. The lowest BCUT2D eigenvalue weighted by molar-refractivity contribution is 0.0534. The fourth-order valence-corrected chi connectivity index (χ4v) is 2.52. The van der Waals surface area contributed by atoms with E-state index in [1.165, 1.54) is 0 Å². The van der Waals surface area contributed by atoms with Crippen molar-refractivity contribution in [3.8, 4) is 0 Å². The minimum absolute atomic E-state index is 0.202. The number of benzene rings is 1. The van der Waals surface area contributed by atoms with E-state index >= 15 is 0 Å². The van der Waals surface area contributed by atoms with Crippen LogP contribution < -0.4 is 5.73 Å². The summed E-state index contributed by atoms with van der Waals surface area (Å²) >= 11 is 0. The first kappa shape index (κ1) is 10.7. The van der Waals surface area contributed by atoms with Gasteiger partial charge in [0.05, 0.1) is 11.7 Å². The predicted molar refractivity (Wildman–Crippen MR) is 61.6 cm³/mol. The SMILES string of the molecule is NCC(O)c1ccc2c(c1C1CC1)COC2=O. The molecule has 1 saturated carbocycles. The Morgan fingerprint density at radius 1 is 1.47 bits per heavy atom. The van der Waals surface area contributed by atoms with Gasteiger partial charge >= 0.3 is 5.97 Å². The molecule has 1 aliphatic heterocycles. The van der Waals surface area contributed by atoms with Gasteiger partial charge < -0.3 is 15.6 Å². The molecule has 3 rings (SSSR count). The highest BCUT2D eigenvalue weighted by molar-refractivity contribution is 5.94. The lowest BCUT2D eigenvalue weighted by Crippen LogP contribution is -2.14. The van der Waals surface area contributed by atoms with Gasteiger partial charge in [-0.15, -0.1) is 0 Å². The second-order valence-electron chi connectivity index (χ2n) is 4.70. The van der Waals surface area contributed by atoms with Crippen LogP contribution in [-0.4, -0.2) is 17.6 Å². The van der Waals surface area contributed by atoms with E-state index in [-0.39, 0.29) is 12.5 Å². The van der Waals surface area contributed by atoms with Crippen molar-refractivity contribution in [2.75, 3.05) is 6.54 Å². The lowest BCUT2D eigenvalue weighted by Gasteiger charge is -2.16. The van der Waals surface area contributed by atoms with Crippen molar-refractivity contribution in [3.05, 3.63) is 34.4 Å². The summed E-state index contributed by atoms with van der Waals surface area (Å²) in [6.07, 6.45) is 1.59. The standard InChI is InChI=1S/C13H15NO3/c14-5-11(15)9-4-3-8-10(6-17-13(8)16)12(9)7-1-2-7/h3-4,7,11,15H,1-2,5-6,14H2. The lowest BCUT2D eigenvalue weighted by atomic mass is 9.91. The van der Waals surface area contributed by atoms with E-state index in [0.29, 0.717) is 18.1 Å². The van der Waals surface area contributed by atoms with Crippen LogP contribution in [0.15, 0.2) is 12.1 Å². The summed E-state index contributed by atoms with van der Waals surface area (Å²) in [4.78, 5) is 11.5. The average Bonchev–Trinajstić information content (AvgIpc) is 3.12. The third-order valence-corrected chi connectivity index (χ3v) is 3.53. The van der Waals surface area contributed by atoms with Crippen LogP contribution in [-0.2, 0) is 11.3 Å². The number of fused-ring (bicyclic) bond motifs is 1. The number of hydrogen-bond donors (Lipinski definition) is 2. The summed E-state index contributed by atoms with van der Waals surface area (Å²) in [5.74, 6) is 0.214. The molecule has 4 heteroatoms. The van der Waals surface area contributed by atoms with Crippen LogP contribution in [0.3, 0.4) is 0 Å². The van der Waals surface area contributed by atoms with Crippen molar-refractivity contribution >= 4 is 5.97 Å². The van der Waals surface area contributed by atoms with Gasteiger partial charge in [0.25, 0.3) is 0 Å². The first-order valence-corrected chi connectivity index (χ1v) is 5.93. The molecule has 0 aromatic heterocycles. The summed E-state index contributed by atoms with van der Waals surface area (Å²) in [5.41, 5.74) is 9.10. The summed E-state index contributed by atoms with van der Waals surface area (Å²) in [6, 6.07) is 3.56. The highest BCUT2D eigenvalue weighted by atomic mass is 16.5. The second-order valence-corrected chi connectivity index (χ2v) is 4.70. The molecule has 1 atom stereocenters. The van der Waals surface area contributed by atoms with Crippen LogP contribution in [0, 0.1) is 0 Å². The molecule has 0 radical (unpaired) electrons. The van der Waals surface area contributed by atoms with Gasteiger partial charge in [0, 0.05) is 12.1 Å². The fourth-order valence-electron chi connectivity index (χ4n) is 2.52. The summed E-state index contributed by atoms with van der Waals surface area (Å²) in [6.45, 7) is 0.540. The van der Waals surface area contributed by atoms with Gasteiger partial charge in [-0.25, -0.2) is 4.79 Å². The molecule has 1 aromatic carbocycles. The number of cyclic esters (lactones) is 1. The van der Waals surface area contributed by atoms with E-state index in [9.17, 15) is 9.90 Å². The van der Waals surface area contributed by atoms with E-state index in [0.717, 1.165) is 29.5 Å². The molecule has 4 nitrogen and oxygen atoms in total. The number of esters is 1. The van der Waals surface area contributed by atoms with Crippen LogP contribution in [0.1, 0.15) is 51.9 Å². The molecular weight excluding hydrogens is 218 g/mol. The number of nitrogens with two attached hydrogens (primary N) is 1. The quantitative estimate of drug-likeness (QED) is 0.770. The molecule has 0 bridgehead atoms. The van der Waals surface area contributed by atoms with Gasteiger partial charge in [-0.05, 0) is 36.0 Å². The maximum atomic E-state index is 11.5. The van der Waals surface area contributed by atoms with Crippen molar-refractivity contribution in [3.63, 3.8) is 0 Å². The minimum Gasteiger partial charge on any atom is -0.457 e. The van der Waals surface area contributed by atoms with Crippen LogP contribution >= 0.6 is 0 Å². The molecule has 3 N–H and O–H groups in total. The highest BCUT2D eigenvalue weighted by Gasteiger charge is 2.35. The zero-order valence-electron chi connectivity index (χ0n) is 9.48. The Morgan fingerprint density at radius 3 is 2.88 bits per heavy atom. The minimum atomic E-state index is -0.647. The molecule has 90 valence electrons. The molecular formula is C13H15NO3. The van der Waals surface area contributed by atoms with Gasteiger partial charge in [0.15, 0.2) is 0 Å².